The summed E-state index contributed by atoms with van der Waals surface area (Å²) in [5, 5.41) is 8.69. The Balaban J connectivity index is 2.10. The molecule has 0 radical (unpaired) electrons. The largest absolute Gasteiger partial charge is 0.486 e. The lowest BCUT2D eigenvalue weighted by Crippen LogP contribution is -2.41. The van der Waals surface area contributed by atoms with Gasteiger partial charge in [-0.25, -0.2) is 4.79 Å². The van der Waals surface area contributed by atoms with Gasteiger partial charge in [-0.2, -0.15) is 0 Å². The number of hydrogen-bond acceptors (Lipinski definition) is 4. The zero-order valence-corrected chi connectivity index (χ0v) is 14.3. The Morgan fingerprint density at radius 1 is 1.23 bits per heavy atom. The first kappa shape index (κ1) is 19.0. The molecule has 1 saturated heterocycles. The van der Waals surface area contributed by atoms with Crippen LogP contribution in [0.3, 0.4) is 0 Å². The number of carboxylic acid groups (broad SMARTS) is 1. The van der Waals surface area contributed by atoms with E-state index in [4.69, 9.17) is 19.2 Å². The fourth-order valence-electron chi connectivity index (χ4n) is 1.93. The zero-order valence-electron chi connectivity index (χ0n) is 14.3. The standard InChI is InChI=1S/C15H28BNO5/c1-14(2)15(3,4)22-16(21-14)9-8-12-20-11-7-6-10-17(5)13(18)19/h8-9H,6-7,10-12H2,1-5H3,(H,18,19). The van der Waals surface area contributed by atoms with Crippen molar-refractivity contribution in [2.24, 2.45) is 0 Å². The highest BCUT2D eigenvalue weighted by Gasteiger charge is 2.49. The average Bonchev–Trinajstić information content (AvgIpc) is 2.60. The lowest BCUT2D eigenvalue weighted by Gasteiger charge is -2.32. The van der Waals surface area contributed by atoms with Crippen LogP contribution in [-0.2, 0) is 14.0 Å². The zero-order chi connectivity index (χ0) is 16.8. The third-order valence-electron chi connectivity index (χ3n) is 4.14. The molecule has 1 heterocycles. The SMILES string of the molecule is CN(CCCCOCC=CB1OC(C)(C)C(C)(C)O1)C(=O)O. The molecule has 22 heavy (non-hydrogen) atoms. The van der Waals surface area contributed by atoms with Crippen molar-refractivity contribution in [3.63, 3.8) is 0 Å². The molecular weight excluding hydrogens is 285 g/mol. The van der Waals surface area contributed by atoms with E-state index in [9.17, 15) is 4.79 Å². The van der Waals surface area contributed by atoms with Gasteiger partial charge in [-0.3, -0.25) is 0 Å². The molecular formula is C15H28BNO5. The molecule has 126 valence electrons. The van der Waals surface area contributed by atoms with Crippen LogP contribution in [0.2, 0.25) is 0 Å². The molecule has 0 spiro atoms. The summed E-state index contributed by atoms with van der Waals surface area (Å²) in [4.78, 5) is 11.9. The summed E-state index contributed by atoms with van der Waals surface area (Å²) < 4.78 is 17.1. The average molecular weight is 313 g/mol. The van der Waals surface area contributed by atoms with Crippen LogP contribution in [-0.4, -0.2) is 61.2 Å². The maximum absolute atomic E-state index is 10.6. The Bertz CT molecular complexity index is 381. The predicted octanol–water partition coefficient (Wildman–Crippen LogP) is 2.58. The Hall–Kier alpha value is -1.05. The molecule has 1 fully saturated rings. The summed E-state index contributed by atoms with van der Waals surface area (Å²) in [5.41, 5.74) is -0.641. The molecule has 1 aliphatic rings. The molecule has 1 rings (SSSR count). The van der Waals surface area contributed by atoms with Crippen LogP contribution in [0, 0.1) is 0 Å². The fourth-order valence-corrected chi connectivity index (χ4v) is 1.93. The van der Waals surface area contributed by atoms with Gasteiger partial charge in [0.1, 0.15) is 0 Å². The molecule has 0 aromatic heterocycles. The second-order valence-corrected chi connectivity index (χ2v) is 6.54. The highest BCUT2D eigenvalue weighted by atomic mass is 16.7. The summed E-state index contributed by atoms with van der Waals surface area (Å²) >= 11 is 0. The van der Waals surface area contributed by atoms with Gasteiger partial charge in [-0.05, 0) is 40.5 Å². The number of nitrogens with zero attached hydrogens (tertiary/aromatic N) is 1. The minimum Gasteiger partial charge on any atom is -0.465 e. The van der Waals surface area contributed by atoms with Crippen molar-refractivity contribution in [3.05, 3.63) is 12.1 Å². The summed E-state index contributed by atoms with van der Waals surface area (Å²) in [6.07, 6.45) is 2.63. The smallest absolute Gasteiger partial charge is 0.465 e. The summed E-state index contributed by atoms with van der Waals surface area (Å²) in [5.74, 6) is 1.87. The van der Waals surface area contributed by atoms with Crippen molar-refractivity contribution in [2.75, 3.05) is 26.8 Å². The lowest BCUT2D eigenvalue weighted by atomic mass is 9.90. The molecule has 0 bridgehead atoms. The van der Waals surface area contributed by atoms with Gasteiger partial charge in [0.15, 0.2) is 0 Å². The minimum absolute atomic E-state index is 0.320. The van der Waals surface area contributed by atoms with Gasteiger partial charge >= 0.3 is 13.2 Å². The first-order chi connectivity index (χ1) is 10.2. The highest BCUT2D eigenvalue weighted by molar-refractivity contribution is 6.51. The van der Waals surface area contributed by atoms with Crippen LogP contribution in [0.1, 0.15) is 40.5 Å². The van der Waals surface area contributed by atoms with E-state index in [1.165, 1.54) is 4.90 Å². The minimum atomic E-state index is -0.897. The molecule has 0 aliphatic carbocycles. The van der Waals surface area contributed by atoms with Crippen LogP contribution in [0.15, 0.2) is 12.1 Å². The molecule has 1 aliphatic heterocycles. The first-order valence-corrected chi connectivity index (χ1v) is 7.70. The lowest BCUT2D eigenvalue weighted by molar-refractivity contribution is 0.00578. The predicted molar refractivity (Wildman–Crippen MR) is 85.9 cm³/mol. The first-order valence-electron chi connectivity index (χ1n) is 7.70. The van der Waals surface area contributed by atoms with E-state index in [0.717, 1.165) is 12.8 Å². The van der Waals surface area contributed by atoms with Crippen molar-refractivity contribution in [1.29, 1.82) is 0 Å². The number of rotatable bonds is 8. The van der Waals surface area contributed by atoms with Gasteiger partial charge in [0.05, 0.1) is 17.8 Å². The third-order valence-corrected chi connectivity index (χ3v) is 4.14. The van der Waals surface area contributed by atoms with Gasteiger partial charge < -0.3 is 24.1 Å². The molecule has 7 heteroatoms. The Morgan fingerprint density at radius 3 is 2.36 bits per heavy atom. The number of ether oxygens (including phenoxy) is 1. The topological polar surface area (TPSA) is 68.2 Å². The van der Waals surface area contributed by atoms with Gasteiger partial charge in [0.25, 0.3) is 0 Å². The van der Waals surface area contributed by atoms with E-state index in [-0.39, 0.29) is 18.3 Å². The highest BCUT2D eigenvalue weighted by Crippen LogP contribution is 2.36. The van der Waals surface area contributed by atoms with E-state index in [1.54, 1.807) is 7.05 Å². The fraction of sp³-hybridized carbons (Fsp3) is 0.800. The summed E-state index contributed by atoms with van der Waals surface area (Å²) in [6.45, 7) is 9.72. The third kappa shape index (κ3) is 5.63. The van der Waals surface area contributed by atoms with Crippen LogP contribution < -0.4 is 0 Å². The van der Waals surface area contributed by atoms with E-state index < -0.39 is 6.09 Å². The Morgan fingerprint density at radius 2 is 1.82 bits per heavy atom. The Labute approximate surface area is 133 Å². The van der Waals surface area contributed by atoms with Crippen molar-refractivity contribution in [1.82, 2.24) is 4.90 Å². The number of hydrogen-bond donors (Lipinski definition) is 1. The summed E-state index contributed by atoms with van der Waals surface area (Å²) in [6, 6.07) is 0. The number of amides is 1. The van der Waals surface area contributed by atoms with Gasteiger partial charge in [-0.15, -0.1) is 0 Å². The van der Waals surface area contributed by atoms with Crippen molar-refractivity contribution in [3.8, 4) is 0 Å². The molecule has 1 amide bonds. The summed E-state index contributed by atoms with van der Waals surface area (Å²) in [7, 11) is 1.23. The maximum atomic E-state index is 10.6. The van der Waals surface area contributed by atoms with E-state index >= 15 is 0 Å². The molecule has 0 aromatic rings. The number of carbonyl (C=O) groups is 1. The Kier molecular flexibility index (Phi) is 6.90. The van der Waals surface area contributed by atoms with Gasteiger partial charge in [0.2, 0.25) is 0 Å². The molecule has 1 N–H and O–H groups in total. The second kappa shape index (κ2) is 7.99. The maximum Gasteiger partial charge on any atom is 0.486 e. The van der Waals surface area contributed by atoms with Crippen molar-refractivity contribution >= 4 is 13.2 Å². The molecule has 6 nitrogen and oxygen atoms in total. The van der Waals surface area contributed by atoms with Crippen LogP contribution >= 0.6 is 0 Å². The molecule has 0 saturated carbocycles. The van der Waals surface area contributed by atoms with Crippen molar-refractivity contribution in [2.45, 2.75) is 51.7 Å². The monoisotopic (exact) mass is 313 g/mol. The van der Waals surface area contributed by atoms with E-state index in [0.29, 0.717) is 19.8 Å². The molecule has 0 aromatic carbocycles. The molecule has 0 atom stereocenters. The number of unbranched alkanes of at least 4 members (excludes halogenated alkanes) is 1. The second-order valence-electron chi connectivity index (χ2n) is 6.54. The van der Waals surface area contributed by atoms with Crippen LogP contribution in [0.25, 0.3) is 0 Å². The van der Waals surface area contributed by atoms with E-state index in [1.807, 2.05) is 39.7 Å². The quantitative estimate of drug-likeness (QED) is 0.551. The normalized spacial score (nSPS) is 19.8. The van der Waals surface area contributed by atoms with Crippen LogP contribution in [0.4, 0.5) is 4.79 Å². The van der Waals surface area contributed by atoms with Crippen LogP contribution in [0.5, 0.6) is 0 Å². The van der Waals surface area contributed by atoms with Gasteiger partial charge in [-0.1, -0.05) is 12.1 Å². The molecule has 0 unspecified atom stereocenters. The van der Waals surface area contributed by atoms with Crippen molar-refractivity contribution < 1.29 is 23.9 Å². The van der Waals surface area contributed by atoms with Gasteiger partial charge in [0, 0.05) is 20.2 Å². The van der Waals surface area contributed by atoms with E-state index in [2.05, 4.69) is 0 Å².